The van der Waals surface area contributed by atoms with Gasteiger partial charge in [-0.05, 0) is 26.2 Å². The van der Waals surface area contributed by atoms with Crippen molar-refractivity contribution in [1.82, 2.24) is 9.97 Å². The van der Waals surface area contributed by atoms with Gasteiger partial charge in [0, 0.05) is 25.1 Å². The summed E-state index contributed by atoms with van der Waals surface area (Å²) in [5.74, 6) is 8.16. The van der Waals surface area contributed by atoms with Crippen LogP contribution >= 0.6 is 0 Å². The number of aromatic nitrogens is 2. The van der Waals surface area contributed by atoms with Crippen molar-refractivity contribution in [2.24, 2.45) is 5.84 Å². The molecule has 0 bridgehead atoms. The number of rotatable bonds is 6. The van der Waals surface area contributed by atoms with Gasteiger partial charge in [-0.25, -0.2) is 15.8 Å². The summed E-state index contributed by atoms with van der Waals surface area (Å²) in [6.07, 6.45) is 8.51. The lowest BCUT2D eigenvalue weighted by atomic mass is 9.94. The lowest BCUT2D eigenvalue weighted by Gasteiger charge is -2.34. The Morgan fingerprint density at radius 2 is 2.00 bits per heavy atom. The van der Waals surface area contributed by atoms with Crippen LogP contribution in [0.4, 0.5) is 11.6 Å². The monoisotopic (exact) mass is 277 g/mol. The molecule has 20 heavy (non-hydrogen) atoms. The van der Waals surface area contributed by atoms with Crippen molar-refractivity contribution >= 4 is 11.6 Å². The van der Waals surface area contributed by atoms with Gasteiger partial charge in [0.1, 0.15) is 17.5 Å². The van der Waals surface area contributed by atoms with Crippen LogP contribution in [0.2, 0.25) is 0 Å². The molecule has 0 atom stereocenters. The third-order valence-electron chi connectivity index (χ3n) is 4.03. The van der Waals surface area contributed by atoms with Gasteiger partial charge in [-0.15, -0.1) is 0 Å². The van der Waals surface area contributed by atoms with E-state index in [4.69, 9.17) is 10.8 Å². The average Bonchev–Trinajstić information content (AvgIpc) is 2.49. The van der Waals surface area contributed by atoms with Crippen molar-refractivity contribution in [3.8, 4) is 0 Å². The topological polar surface area (TPSA) is 67.1 Å². The first-order valence-electron chi connectivity index (χ1n) is 7.89. The van der Waals surface area contributed by atoms with E-state index in [9.17, 15) is 0 Å². The molecule has 0 aliphatic heterocycles. The van der Waals surface area contributed by atoms with Gasteiger partial charge in [0.25, 0.3) is 0 Å². The van der Waals surface area contributed by atoms with Gasteiger partial charge in [-0.3, -0.25) is 0 Å². The first kappa shape index (κ1) is 15.0. The molecular weight excluding hydrogens is 250 g/mol. The first-order chi connectivity index (χ1) is 9.78. The maximum Gasteiger partial charge on any atom is 0.145 e. The van der Waals surface area contributed by atoms with Crippen molar-refractivity contribution in [2.75, 3.05) is 16.9 Å². The Morgan fingerprint density at radius 1 is 1.25 bits per heavy atom. The fourth-order valence-corrected chi connectivity index (χ4v) is 3.04. The summed E-state index contributed by atoms with van der Waals surface area (Å²) in [5.41, 5.74) is 2.67. The van der Waals surface area contributed by atoms with E-state index in [1.54, 1.807) is 0 Å². The van der Waals surface area contributed by atoms with Crippen molar-refractivity contribution in [2.45, 2.75) is 64.8 Å². The zero-order valence-electron chi connectivity index (χ0n) is 12.7. The number of anilines is 2. The predicted molar refractivity (Wildman–Crippen MR) is 83.7 cm³/mol. The largest absolute Gasteiger partial charge is 0.354 e. The van der Waals surface area contributed by atoms with Gasteiger partial charge in [-0.1, -0.05) is 26.2 Å². The Balaban J connectivity index is 2.24. The molecule has 0 unspecified atom stereocenters. The summed E-state index contributed by atoms with van der Waals surface area (Å²) < 4.78 is 0. The summed E-state index contributed by atoms with van der Waals surface area (Å²) in [7, 11) is 0. The van der Waals surface area contributed by atoms with E-state index < -0.39 is 0 Å². The van der Waals surface area contributed by atoms with Crippen LogP contribution < -0.4 is 16.2 Å². The van der Waals surface area contributed by atoms with Crippen LogP contribution in [-0.4, -0.2) is 22.6 Å². The summed E-state index contributed by atoms with van der Waals surface area (Å²) in [6, 6.07) is 2.58. The highest BCUT2D eigenvalue weighted by molar-refractivity contribution is 5.49. The van der Waals surface area contributed by atoms with E-state index >= 15 is 0 Å². The predicted octanol–water partition coefficient (Wildman–Crippen LogP) is 2.87. The number of hydrazine groups is 1. The molecule has 1 aliphatic rings. The van der Waals surface area contributed by atoms with Crippen LogP contribution in [0, 0.1) is 0 Å². The van der Waals surface area contributed by atoms with E-state index in [1.165, 1.54) is 32.1 Å². The van der Waals surface area contributed by atoms with Crippen molar-refractivity contribution in [1.29, 1.82) is 0 Å². The molecule has 3 N–H and O–H groups in total. The zero-order chi connectivity index (χ0) is 14.4. The molecule has 112 valence electrons. The van der Waals surface area contributed by atoms with E-state index in [0.29, 0.717) is 11.9 Å². The number of aryl methyl sites for hydroxylation is 1. The number of nitrogen functional groups attached to an aromatic ring is 1. The molecule has 1 heterocycles. The Hall–Kier alpha value is -1.36. The fourth-order valence-electron chi connectivity index (χ4n) is 3.04. The number of nitrogens with two attached hydrogens (primary N) is 1. The molecule has 1 aromatic heterocycles. The molecule has 0 amide bonds. The molecule has 1 fully saturated rings. The van der Waals surface area contributed by atoms with E-state index in [-0.39, 0.29) is 0 Å². The lowest BCUT2D eigenvalue weighted by molar-refractivity contribution is 0.416. The van der Waals surface area contributed by atoms with Gasteiger partial charge in [0.2, 0.25) is 0 Å². The molecule has 0 saturated heterocycles. The minimum Gasteiger partial charge on any atom is -0.354 e. The first-order valence-corrected chi connectivity index (χ1v) is 7.89. The van der Waals surface area contributed by atoms with Crippen LogP contribution in [0.25, 0.3) is 0 Å². The molecule has 0 aromatic carbocycles. The average molecular weight is 277 g/mol. The summed E-state index contributed by atoms with van der Waals surface area (Å²) >= 11 is 0. The van der Waals surface area contributed by atoms with Gasteiger partial charge in [-0.2, -0.15) is 0 Å². The summed E-state index contributed by atoms with van der Waals surface area (Å²) in [4.78, 5) is 11.6. The highest BCUT2D eigenvalue weighted by Crippen LogP contribution is 2.27. The number of hydrogen-bond donors (Lipinski definition) is 2. The van der Waals surface area contributed by atoms with Gasteiger partial charge < -0.3 is 10.3 Å². The quantitative estimate of drug-likeness (QED) is 0.618. The van der Waals surface area contributed by atoms with Crippen LogP contribution in [0.5, 0.6) is 0 Å². The van der Waals surface area contributed by atoms with Crippen molar-refractivity contribution in [3.63, 3.8) is 0 Å². The third-order valence-corrected chi connectivity index (χ3v) is 4.03. The van der Waals surface area contributed by atoms with Crippen LogP contribution in [0.1, 0.15) is 58.2 Å². The maximum absolute atomic E-state index is 5.55. The second-order valence-electron chi connectivity index (χ2n) is 5.50. The second kappa shape index (κ2) is 7.43. The van der Waals surface area contributed by atoms with Crippen LogP contribution in [0.3, 0.4) is 0 Å². The molecule has 5 heteroatoms. The minimum atomic E-state index is 0.615. The minimum absolute atomic E-state index is 0.615. The van der Waals surface area contributed by atoms with Gasteiger partial charge in [0.15, 0.2) is 0 Å². The maximum atomic E-state index is 5.55. The van der Waals surface area contributed by atoms with Crippen LogP contribution in [-0.2, 0) is 6.42 Å². The molecule has 0 radical (unpaired) electrons. The van der Waals surface area contributed by atoms with E-state index in [2.05, 4.69) is 29.2 Å². The van der Waals surface area contributed by atoms with Gasteiger partial charge in [0.05, 0.1) is 0 Å². The summed E-state index contributed by atoms with van der Waals surface area (Å²) in [5, 5.41) is 0. The highest BCUT2D eigenvalue weighted by Gasteiger charge is 2.22. The molecule has 1 aliphatic carbocycles. The zero-order valence-corrected chi connectivity index (χ0v) is 12.7. The number of nitrogens with zero attached hydrogens (tertiary/aromatic N) is 3. The number of nitrogens with one attached hydrogen (secondary N) is 1. The molecular formula is C15H27N5. The second-order valence-corrected chi connectivity index (χ2v) is 5.50. The lowest BCUT2D eigenvalue weighted by Crippen LogP contribution is -2.37. The third kappa shape index (κ3) is 3.60. The standard InChI is InChI=1S/C15H27N5/c1-3-8-13-17-14(19-16)11-15(18-13)20(4-2)12-9-6-5-7-10-12/h11-12H,3-10,16H2,1-2H3,(H,17,18,19). The summed E-state index contributed by atoms with van der Waals surface area (Å²) in [6.45, 7) is 5.33. The van der Waals surface area contributed by atoms with E-state index in [0.717, 1.165) is 31.0 Å². The molecule has 1 saturated carbocycles. The molecule has 5 nitrogen and oxygen atoms in total. The van der Waals surface area contributed by atoms with Crippen molar-refractivity contribution in [3.05, 3.63) is 11.9 Å². The normalized spacial score (nSPS) is 16.1. The van der Waals surface area contributed by atoms with Gasteiger partial charge >= 0.3 is 0 Å². The van der Waals surface area contributed by atoms with E-state index in [1.807, 2.05) is 6.07 Å². The fraction of sp³-hybridized carbons (Fsp3) is 0.733. The van der Waals surface area contributed by atoms with Crippen LogP contribution in [0.15, 0.2) is 6.07 Å². The Kier molecular flexibility index (Phi) is 5.59. The molecule has 1 aromatic rings. The smallest absolute Gasteiger partial charge is 0.145 e. The Bertz CT molecular complexity index is 415. The highest BCUT2D eigenvalue weighted by atomic mass is 15.3. The number of hydrogen-bond acceptors (Lipinski definition) is 5. The van der Waals surface area contributed by atoms with Crippen molar-refractivity contribution < 1.29 is 0 Å². The SMILES string of the molecule is CCCc1nc(NN)cc(N(CC)C2CCCCC2)n1. The molecule has 2 rings (SSSR count). The molecule has 0 spiro atoms. The Labute approximate surface area is 121 Å². The Morgan fingerprint density at radius 3 is 2.60 bits per heavy atom.